The van der Waals surface area contributed by atoms with Gasteiger partial charge in [0.05, 0.1) is 17.6 Å². The SMILES string of the molecule is CC(=O)N(Cc1ccccc1-c1cccc(C)c1)c1nc2ccccc2[nH]1. The second-order valence-electron chi connectivity index (χ2n) is 6.71. The van der Waals surface area contributed by atoms with Crippen molar-refractivity contribution >= 4 is 22.9 Å². The van der Waals surface area contributed by atoms with Crippen molar-refractivity contribution in [3.8, 4) is 11.1 Å². The molecule has 0 unspecified atom stereocenters. The van der Waals surface area contributed by atoms with E-state index in [1.54, 1.807) is 11.8 Å². The maximum atomic E-state index is 12.4. The quantitative estimate of drug-likeness (QED) is 0.554. The fourth-order valence-corrected chi connectivity index (χ4v) is 3.33. The molecule has 0 spiro atoms. The lowest BCUT2D eigenvalue weighted by Crippen LogP contribution is -2.29. The number of nitrogens with one attached hydrogen (secondary N) is 1. The van der Waals surface area contributed by atoms with E-state index in [2.05, 4.69) is 53.3 Å². The highest BCUT2D eigenvalue weighted by Crippen LogP contribution is 2.27. The lowest BCUT2D eigenvalue weighted by Gasteiger charge is -2.20. The van der Waals surface area contributed by atoms with Gasteiger partial charge in [-0.05, 0) is 35.7 Å². The Labute approximate surface area is 158 Å². The van der Waals surface area contributed by atoms with Gasteiger partial charge in [-0.1, -0.05) is 66.2 Å². The van der Waals surface area contributed by atoms with Crippen LogP contribution in [-0.2, 0) is 11.3 Å². The normalized spacial score (nSPS) is 10.9. The molecule has 1 amide bonds. The largest absolute Gasteiger partial charge is 0.324 e. The summed E-state index contributed by atoms with van der Waals surface area (Å²) in [4.78, 5) is 21.9. The Morgan fingerprint density at radius 3 is 2.56 bits per heavy atom. The first-order valence-electron chi connectivity index (χ1n) is 8.99. The van der Waals surface area contributed by atoms with Crippen molar-refractivity contribution in [2.45, 2.75) is 20.4 Å². The molecule has 0 saturated carbocycles. The second kappa shape index (κ2) is 7.08. The second-order valence-corrected chi connectivity index (χ2v) is 6.71. The standard InChI is InChI=1S/C23H21N3O/c1-16-8-7-10-18(14-16)20-11-4-3-9-19(20)15-26(17(2)27)23-24-21-12-5-6-13-22(21)25-23/h3-14H,15H2,1-2H3,(H,24,25). The number of aromatic nitrogens is 2. The van der Waals surface area contributed by atoms with Crippen LogP contribution in [0.1, 0.15) is 18.1 Å². The minimum absolute atomic E-state index is 0.0481. The fourth-order valence-electron chi connectivity index (χ4n) is 3.33. The average molecular weight is 355 g/mol. The molecule has 0 radical (unpaired) electrons. The van der Waals surface area contributed by atoms with Gasteiger partial charge < -0.3 is 4.98 Å². The number of fused-ring (bicyclic) bond motifs is 1. The number of aryl methyl sites for hydroxylation is 1. The topological polar surface area (TPSA) is 49.0 Å². The summed E-state index contributed by atoms with van der Waals surface area (Å²) in [6.45, 7) is 4.12. The molecule has 0 aliphatic heterocycles. The smallest absolute Gasteiger partial charge is 0.226 e. The fraction of sp³-hybridized carbons (Fsp3) is 0.130. The molecule has 0 saturated heterocycles. The summed E-state index contributed by atoms with van der Waals surface area (Å²) in [5.41, 5.74) is 6.35. The minimum Gasteiger partial charge on any atom is -0.324 e. The van der Waals surface area contributed by atoms with Gasteiger partial charge in [0.25, 0.3) is 0 Å². The number of hydrogen-bond acceptors (Lipinski definition) is 2. The molecule has 27 heavy (non-hydrogen) atoms. The highest BCUT2D eigenvalue weighted by atomic mass is 16.2. The molecule has 0 atom stereocenters. The monoisotopic (exact) mass is 355 g/mol. The zero-order valence-corrected chi connectivity index (χ0v) is 15.4. The molecule has 4 nitrogen and oxygen atoms in total. The third-order valence-electron chi connectivity index (χ3n) is 4.69. The average Bonchev–Trinajstić information content (AvgIpc) is 3.10. The van der Waals surface area contributed by atoms with Crippen LogP contribution in [0, 0.1) is 6.92 Å². The first-order chi connectivity index (χ1) is 13.1. The van der Waals surface area contributed by atoms with E-state index in [-0.39, 0.29) is 5.91 Å². The molecule has 1 N–H and O–H groups in total. The van der Waals surface area contributed by atoms with Gasteiger partial charge in [0.15, 0.2) is 0 Å². The molecule has 4 heteroatoms. The van der Waals surface area contributed by atoms with Gasteiger partial charge in [-0.25, -0.2) is 4.98 Å². The Morgan fingerprint density at radius 2 is 1.78 bits per heavy atom. The van der Waals surface area contributed by atoms with Crippen LogP contribution in [0.5, 0.6) is 0 Å². The van der Waals surface area contributed by atoms with Crippen molar-refractivity contribution in [1.82, 2.24) is 9.97 Å². The highest BCUT2D eigenvalue weighted by molar-refractivity contribution is 5.92. The van der Waals surface area contributed by atoms with E-state index >= 15 is 0 Å². The van der Waals surface area contributed by atoms with Crippen molar-refractivity contribution in [2.75, 3.05) is 4.90 Å². The zero-order chi connectivity index (χ0) is 18.8. The molecule has 4 rings (SSSR count). The van der Waals surface area contributed by atoms with Crippen LogP contribution in [0.4, 0.5) is 5.95 Å². The van der Waals surface area contributed by atoms with Crippen LogP contribution < -0.4 is 4.90 Å². The molecule has 0 fully saturated rings. The van der Waals surface area contributed by atoms with E-state index < -0.39 is 0 Å². The number of imidazole rings is 1. The number of hydrogen-bond donors (Lipinski definition) is 1. The van der Waals surface area contributed by atoms with E-state index in [1.165, 1.54) is 5.56 Å². The summed E-state index contributed by atoms with van der Waals surface area (Å²) < 4.78 is 0. The van der Waals surface area contributed by atoms with Gasteiger partial charge in [0.1, 0.15) is 0 Å². The number of benzene rings is 3. The molecule has 0 aliphatic rings. The van der Waals surface area contributed by atoms with Crippen LogP contribution in [0.3, 0.4) is 0 Å². The van der Waals surface area contributed by atoms with Crippen LogP contribution in [-0.4, -0.2) is 15.9 Å². The molecule has 1 aromatic heterocycles. The summed E-state index contributed by atoms with van der Waals surface area (Å²) >= 11 is 0. The van der Waals surface area contributed by atoms with Gasteiger partial charge in [-0.3, -0.25) is 9.69 Å². The van der Waals surface area contributed by atoms with Gasteiger partial charge in [0.2, 0.25) is 11.9 Å². The van der Waals surface area contributed by atoms with Gasteiger partial charge in [-0.2, -0.15) is 0 Å². The predicted octanol–water partition coefficient (Wildman–Crippen LogP) is 5.09. The van der Waals surface area contributed by atoms with Crippen molar-refractivity contribution in [1.29, 1.82) is 0 Å². The first kappa shape index (κ1) is 17.0. The number of carbonyl (C=O) groups is 1. The number of nitrogens with zero attached hydrogens (tertiary/aromatic N) is 2. The molecule has 134 valence electrons. The van der Waals surface area contributed by atoms with E-state index in [4.69, 9.17) is 0 Å². The predicted molar refractivity (Wildman–Crippen MR) is 110 cm³/mol. The van der Waals surface area contributed by atoms with E-state index in [0.29, 0.717) is 12.5 Å². The maximum absolute atomic E-state index is 12.4. The van der Waals surface area contributed by atoms with Gasteiger partial charge in [-0.15, -0.1) is 0 Å². The third kappa shape index (κ3) is 3.47. The number of para-hydroxylation sites is 2. The molecule has 3 aromatic carbocycles. The molecule has 4 aromatic rings. The third-order valence-corrected chi connectivity index (χ3v) is 4.69. The number of carbonyl (C=O) groups excluding carboxylic acids is 1. The van der Waals surface area contributed by atoms with Crippen molar-refractivity contribution in [2.24, 2.45) is 0 Å². The highest BCUT2D eigenvalue weighted by Gasteiger charge is 2.18. The summed E-state index contributed by atoms with van der Waals surface area (Å²) in [7, 11) is 0. The van der Waals surface area contributed by atoms with Crippen LogP contribution in [0.15, 0.2) is 72.8 Å². The Bertz CT molecular complexity index is 1080. The lowest BCUT2D eigenvalue weighted by atomic mass is 9.98. The summed E-state index contributed by atoms with van der Waals surface area (Å²) in [6.07, 6.45) is 0. The molecule has 0 aliphatic carbocycles. The Morgan fingerprint density at radius 1 is 1.00 bits per heavy atom. The number of aromatic amines is 1. The number of H-pyrrole nitrogens is 1. The lowest BCUT2D eigenvalue weighted by molar-refractivity contribution is -0.116. The van der Waals surface area contributed by atoms with Crippen molar-refractivity contribution in [3.63, 3.8) is 0 Å². The maximum Gasteiger partial charge on any atom is 0.226 e. The minimum atomic E-state index is -0.0481. The Hall–Kier alpha value is -3.40. The van der Waals surface area contributed by atoms with E-state index in [1.807, 2.05) is 36.4 Å². The van der Waals surface area contributed by atoms with Gasteiger partial charge >= 0.3 is 0 Å². The van der Waals surface area contributed by atoms with E-state index in [0.717, 1.165) is 27.7 Å². The molecule has 0 bridgehead atoms. The van der Waals surface area contributed by atoms with Crippen LogP contribution in [0.25, 0.3) is 22.2 Å². The van der Waals surface area contributed by atoms with Gasteiger partial charge in [0, 0.05) is 6.92 Å². The van der Waals surface area contributed by atoms with Crippen LogP contribution >= 0.6 is 0 Å². The summed E-state index contributed by atoms with van der Waals surface area (Å²) in [6, 6.07) is 24.4. The number of amides is 1. The Balaban J connectivity index is 1.74. The van der Waals surface area contributed by atoms with Crippen molar-refractivity contribution < 1.29 is 4.79 Å². The summed E-state index contributed by atoms with van der Waals surface area (Å²) in [5, 5.41) is 0. The molecule has 1 heterocycles. The molecular weight excluding hydrogens is 334 g/mol. The number of anilines is 1. The van der Waals surface area contributed by atoms with E-state index in [9.17, 15) is 4.79 Å². The first-order valence-corrected chi connectivity index (χ1v) is 8.99. The summed E-state index contributed by atoms with van der Waals surface area (Å²) in [5.74, 6) is 0.524. The molecular formula is C23H21N3O. The zero-order valence-electron chi connectivity index (χ0n) is 15.4. The van der Waals surface area contributed by atoms with Crippen molar-refractivity contribution in [3.05, 3.63) is 83.9 Å². The van der Waals surface area contributed by atoms with Crippen LogP contribution in [0.2, 0.25) is 0 Å². The number of rotatable bonds is 4. The Kier molecular flexibility index (Phi) is 4.47.